The number of nitrogens with zero attached hydrogens (tertiary/aromatic N) is 2. The molecule has 18 heavy (non-hydrogen) atoms. The molecule has 0 aliphatic carbocycles. The van der Waals surface area contributed by atoms with Gasteiger partial charge in [0.15, 0.2) is 0 Å². The summed E-state index contributed by atoms with van der Waals surface area (Å²) in [5.74, 6) is -0.661. The molecule has 0 aliphatic rings. The highest BCUT2D eigenvalue weighted by Gasteiger charge is 2.14. The maximum atomic E-state index is 13.1. The highest BCUT2D eigenvalue weighted by atomic mass is 35.5. The Kier molecular flexibility index (Phi) is 3.58. The zero-order valence-corrected chi connectivity index (χ0v) is 10.4. The molecule has 2 rings (SSSR count). The Hall–Kier alpha value is -1.94. The molecule has 0 atom stereocenters. The van der Waals surface area contributed by atoms with Crippen molar-refractivity contribution in [3.05, 3.63) is 59.1 Å². The lowest BCUT2D eigenvalue weighted by Gasteiger charge is -2.17. The molecule has 0 fully saturated rings. The number of benzene rings is 1. The lowest BCUT2D eigenvalue weighted by atomic mass is 10.2. The third-order valence-electron chi connectivity index (χ3n) is 2.47. The average Bonchev–Trinajstić information content (AvgIpc) is 2.38. The van der Waals surface area contributed by atoms with E-state index in [0.29, 0.717) is 16.4 Å². The minimum absolute atomic E-state index is 0.273. The van der Waals surface area contributed by atoms with Gasteiger partial charge >= 0.3 is 0 Å². The van der Waals surface area contributed by atoms with Gasteiger partial charge in [-0.25, -0.2) is 9.37 Å². The minimum Gasteiger partial charge on any atom is -0.311 e. The van der Waals surface area contributed by atoms with Gasteiger partial charge in [-0.1, -0.05) is 17.7 Å². The summed E-state index contributed by atoms with van der Waals surface area (Å²) in [6, 6.07) is 8.94. The molecule has 1 aromatic carbocycles. The Balaban J connectivity index is 2.26. The van der Waals surface area contributed by atoms with E-state index < -0.39 is 0 Å². The van der Waals surface area contributed by atoms with Crippen molar-refractivity contribution >= 4 is 23.2 Å². The van der Waals surface area contributed by atoms with Gasteiger partial charge in [0.05, 0.1) is 5.56 Å². The van der Waals surface area contributed by atoms with Crippen LogP contribution in [0.5, 0.6) is 0 Å². The van der Waals surface area contributed by atoms with Crippen LogP contribution in [-0.4, -0.2) is 17.9 Å². The van der Waals surface area contributed by atoms with Crippen LogP contribution in [0.2, 0.25) is 5.15 Å². The van der Waals surface area contributed by atoms with Gasteiger partial charge in [-0.3, -0.25) is 4.79 Å². The summed E-state index contributed by atoms with van der Waals surface area (Å²) < 4.78 is 13.1. The SMILES string of the molecule is CN(C(=O)c1ccc(Cl)nc1)c1cccc(F)c1. The molecule has 2 aromatic rings. The number of carbonyl (C=O) groups excluding carboxylic acids is 1. The number of hydrogen-bond donors (Lipinski definition) is 0. The minimum atomic E-state index is -0.388. The van der Waals surface area contributed by atoms with E-state index in [2.05, 4.69) is 4.98 Å². The van der Waals surface area contributed by atoms with Crippen LogP contribution in [0.1, 0.15) is 10.4 Å². The molecule has 1 amide bonds. The smallest absolute Gasteiger partial charge is 0.259 e. The number of amides is 1. The van der Waals surface area contributed by atoms with Crippen LogP contribution in [0.25, 0.3) is 0 Å². The predicted molar refractivity (Wildman–Crippen MR) is 68.4 cm³/mol. The van der Waals surface area contributed by atoms with E-state index in [4.69, 9.17) is 11.6 Å². The normalized spacial score (nSPS) is 10.2. The van der Waals surface area contributed by atoms with Crippen LogP contribution >= 0.6 is 11.6 Å². The van der Waals surface area contributed by atoms with Gasteiger partial charge in [0.2, 0.25) is 0 Å². The third-order valence-corrected chi connectivity index (χ3v) is 2.70. The first kappa shape index (κ1) is 12.5. The van der Waals surface area contributed by atoms with E-state index in [-0.39, 0.29) is 11.7 Å². The lowest BCUT2D eigenvalue weighted by molar-refractivity contribution is 0.0992. The maximum Gasteiger partial charge on any atom is 0.259 e. The van der Waals surface area contributed by atoms with Crippen LogP contribution in [0.15, 0.2) is 42.6 Å². The molecular formula is C13H10ClFN2O. The van der Waals surface area contributed by atoms with E-state index in [1.54, 1.807) is 25.2 Å². The summed E-state index contributed by atoms with van der Waals surface area (Å²) in [5, 5.41) is 0.319. The van der Waals surface area contributed by atoms with Crippen LogP contribution in [0.4, 0.5) is 10.1 Å². The van der Waals surface area contributed by atoms with Gasteiger partial charge in [0, 0.05) is 18.9 Å². The van der Waals surface area contributed by atoms with Gasteiger partial charge in [-0.2, -0.15) is 0 Å². The van der Waals surface area contributed by atoms with Gasteiger partial charge in [0.25, 0.3) is 5.91 Å². The molecule has 5 heteroatoms. The molecule has 1 aromatic heterocycles. The second kappa shape index (κ2) is 5.14. The summed E-state index contributed by atoms with van der Waals surface area (Å²) in [7, 11) is 1.58. The summed E-state index contributed by atoms with van der Waals surface area (Å²) in [6.45, 7) is 0. The molecule has 0 N–H and O–H groups in total. The summed E-state index contributed by atoms with van der Waals surface area (Å²) in [5.41, 5.74) is 0.876. The number of carbonyl (C=O) groups is 1. The van der Waals surface area contributed by atoms with Gasteiger partial charge in [-0.05, 0) is 30.3 Å². The van der Waals surface area contributed by atoms with Crippen LogP contribution in [-0.2, 0) is 0 Å². The van der Waals surface area contributed by atoms with Crippen LogP contribution < -0.4 is 4.90 Å². The van der Waals surface area contributed by atoms with Gasteiger partial charge in [0.1, 0.15) is 11.0 Å². The first-order chi connectivity index (χ1) is 8.58. The van der Waals surface area contributed by atoms with E-state index in [1.165, 1.54) is 29.3 Å². The molecule has 0 saturated heterocycles. The Morgan fingerprint density at radius 2 is 2.11 bits per heavy atom. The zero-order valence-electron chi connectivity index (χ0n) is 9.60. The molecule has 0 unspecified atom stereocenters. The van der Waals surface area contributed by atoms with Crippen LogP contribution in [0.3, 0.4) is 0 Å². The highest BCUT2D eigenvalue weighted by molar-refractivity contribution is 6.29. The highest BCUT2D eigenvalue weighted by Crippen LogP contribution is 2.17. The summed E-state index contributed by atoms with van der Waals surface area (Å²) in [6.07, 6.45) is 1.39. The van der Waals surface area contributed by atoms with Gasteiger partial charge < -0.3 is 4.90 Å². The predicted octanol–water partition coefficient (Wildman–Crippen LogP) is 3.15. The van der Waals surface area contributed by atoms with E-state index >= 15 is 0 Å². The number of aromatic nitrogens is 1. The first-order valence-electron chi connectivity index (χ1n) is 5.23. The molecule has 0 radical (unpaired) electrons. The largest absolute Gasteiger partial charge is 0.311 e. The van der Waals surface area contributed by atoms with E-state index in [1.807, 2.05) is 0 Å². The van der Waals surface area contributed by atoms with E-state index in [0.717, 1.165) is 0 Å². The summed E-state index contributed by atoms with van der Waals surface area (Å²) >= 11 is 5.65. The molecule has 0 saturated carbocycles. The fourth-order valence-corrected chi connectivity index (χ4v) is 1.61. The Bertz CT molecular complexity index is 571. The Morgan fingerprint density at radius 3 is 2.72 bits per heavy atom. The first-order valence-corrected chi connectivity index (χ1v) is 5.61. The monoisotopic (exact) mass is 264 g/mol. The fourth-order valence-electron chi connectivity index (χ4n) is 1.50. The van der Waals surface area contributed by atoms with E-state index in [9.17, 15) is 9.18 Å². The Labute approximate surface area is 109 Å². The number of rotatable bonds is 2. The standard InChI is InChI=1S/C13H10ClFN2O/c1-17(11-4-2-3-10(15)7-11)13(18)9-5-6-12(14)16-8-9/h2-8H,1H3. The quantitative estimate of drug-likeness (QED) is 0.781. The molecule has 92 valence electrons. The van der Waals surface area contributed by atoms with Crippen molar-refractivity contribution in [1.29, 1.82) is 0 Å². The van der Waals surface area contributed by atoms with Crippen molar-refractivity contribution in [2.75, 3.05) is 11.9 Å². The molecule has 3 nitrogen and oxygen atoms in total. The van der Waals surface area contributed by atoms with Crippen molar-refractivity contribution in [3.8, 4) is 0 Å². The van der Waals surface area contributed by atoms with Crippen molar-refractivity contribution in [2.45, 2.75) is 0 Å². The lowest BCUT2D eigenvalue weighted by Crippen LogP contribution is -2.26. The maximum absolute atomic E-state index is 13.1. The van der Waals surface area contributed by atoms with Gasteiger partial charge in [-0.15, -0.1) is 0 Å². The average molecular weight is 265 g/mol. The second-order valence-corrected chi connectivity index (χ2v) is 4.10. The molecule has 0 aliphatic heterocycles. The van der Waals surface area contributed by atoms with Crippen molar-refractivity contribution < 1.29 is 9.18 Å². The van der Waals surface area contributed by atoms with Crippen molar-refractivity contribution in [1.82, 2.24) is 4.98 Å². The van der Waals surface area contributed by atoms with Crippen molar-refractivity contribution in [2.24, 2.45) is 0 Å². The zero-order chi connectivity index (χ0) is 13.1. The number of halogens is 2. The van der Waals surface area contributed by atoms with Crippen LogP contribution in [0, 0.1) is 5.82 Å². The Morgan fingerprint density at radius 1 is 1.33 bits per heavy atom. The number of pyridine rings is 1. The summed E-state index contributed by atoms with van der Waals surface area (Å²) in [4.78, 5) is 17.3. The molecule has 0 bridgehead atoms. The molecular weight excluding hydrogens is 255 g/mol. The number of hydrogen-bond acceptors (Lipinski definition) is 2. The second-order valence-electron chi connectivity index (χ2n) is 3.71. The molecule has 0 spiro atoms. The third kappa shape index (κ3) is 2.65. The van der Waals surface area contributed by atoms with Crippen molar-refractivity contribution in [3.63, 3.8) is 0 Å². The topological polar surface area (TPSA) is 33.2 Å². The number of anilines is 1. The molecule has 1 heterocycles. The fraction of sp³-hybridized carbons (Fsp3) is 0.0769.